The molecule has 1 unspecified atom stereocenters. The van der Waals surface area contributed by atoms with Gasteiger partial charge >= 0.3 is 0 Å². The van der Waals surface area contributed by atoms with Gasteiger partial charge in [-0.1, -0.05) is 30.3 Å². The van der Waals surface area contributed by atoms with E-state index in [1.807, 2.05) is 30.3 Å². The van der Waals surface area contributed by atoms with Gasteiger partial charge in [-0.15, -0.1) is 0 Å². The molecule has 1 aliphatic carbocycles. The summed E-state index contributed by atoms with van der Waals surface area (Å²) in [5.41, 5.74) is 0.0651. The Labute approximate surface area is 89.9 Å². The molecule has 15 heavy (non-hydrogen) atoms. The van der Waals surface area contributed by atoms with E-state index in [1.54, 1.807) is 19.9 Å². The van der Waals surface area contributed by atoms with Gasteiger partial charge in [0.25, 0.3) is 0 Å². The van der Waals surface area contributed by atoms with Crippen molar-refractivity contribution in [1.82, 2.24) is 0 Å². The lowest BCUT2D eigenvalue weighted by Crippen LogP contribution is -2.52. The number of aliphatic hydroxyl groups is 2. The van der Waals surface area contributed by atoms with Crippen molar-refractivity contribution in [2.45, 2.75) is 31.5 Å². The lowest BCUT2D eigenvalue weighted by molar-refractivity contribution is -0.104. The van der Waals surface area contributed by atoms with E-state index in [-0.39, 0.29) is 0 Å². The molecule has 2 rings (SSSR count). The van der Waals surface area contributed by atoms with Gasteiger partial charge in [-0.05, 0) is 31.1 Å². The third-order valence-electron chi connectivity index (χ3n) is 3.08. The molecule has 0 saturated heterocycles. The van der Waals surface area contributed by atoms with Crippen molar-refractivity contribution < 1.29 is 10.2 Å². The highest BCUT2D eigenvalue weighted by molar-refractivity contribution is 5.74. The van der Waals surface area contributed by atoms with Gasteiger partial charge in [-0.3, -0.25) is 0 Å². The van der Waals surface area contributed by atoms with Crippen LogP contribution in [0.2, 0.25) is 0 Å². The Morgan fingerprint density at radius 1 is 1.20 bits per heavy atom. The van der Waals surface area contributed by atoms with E-state index in [1.165, 1.54) is 0 Å². The normalized spacial score (nSPS) is 25.7. The Hall–Kier alpha value is -1.12. The molecule has 80 valence electrons. The molecule has 0 spiro atoms. The molecule has 1 aliphatic rings. The molecule has 2 N–H and O–H groups in total. The minimum absolute atomic E-state index is 0.514. The van der Waals surface area contributed by atoms with Crippen molar-refractivity contribution in [2.75, 3.05) is 0 Å². The molecule has 2 heteroatoms. The van der Waals surface area contributed by atoms with E-state index < -0.39 is 11.2 Å². The van der Waals surface area contributed by atoms with Crippen LogP contribution in [0.1, 0.15) is 25.8 Å². The number of benzene rings is 1. The zero-order valence-corrected chi connectivity index (χ0v) is 9.07. The number of hydrogen-bond donors (Lipinski definition) is 2. The maximum Gasteiger partial charge on any atom is 0.115 e. The first kappa shape index (κ1) is 10.4. The summed E-state index contributed by atoms with van der Waals surface area (Å²) in [6.07, 6.45) is 2.27. The quantitative estimate of drug-likeness (QED) is 0.773. The maximum atomic E-state index is 10.1. The van der Waals surface area contributed by atoms with Gasteiger partial charge in [0.1, 0.15) is 5.60 Å². The fraction of sp³-hybridized carbons (Fsp3) is 0.385. The average Bonchev–Trinajstić information content (AvgIpc) is 2.12. The van der Waals surface area contributed by atoms with Crippen molar-refractivity contribution in [2.24, 2.45) is 0 Å². The van der Waals surface area contributed by atoms with E-state index in [4.69, 9.17) is 0 Å². The van der Waals surface area contributed by atoms with Gasteiger partial charge in [-0.2, -0.15) is 0 Å². The van der Waals surface area contributed by atoms with Crippen molar-refractivity contribution in [3.8, 4) is 0 Å². The summed E-state index contributed by atoms with van der Waals surface area (Å²) in [7, 11) is 0. The molecule has 2 nitrogen and oxygen atoms in total. The summed E-state index contributed by atoms with van der Waals surface area (Å²) < 4.78 is 0. The van der Waals surface area contributed by atoms with Crippen LogP contribution in [0.4, 0.5) is 0 Å². The van der Waals surface area contributed by atoms with E-state index in [2.05, 4.69) is 0 Å². The molecule has 0 radical (unpaired) electrons. The number of rotatable bonds is 2. The Morgan fingerprint density at radius 3 is 2.20 bits per heavy atom. The standard InChI is InChI=1S/C13H16O2/c1-12(2,14)13(15)8-11(9-13)10-6-4-3-5-7-10/h3-8,14-15H,9H2,1-2H3. The summed E-state index contributed by atoms with van der Waals surface area (Å²) in [4.78, 5) is 0. The summed E-state index contributed by atoms with van der Waals surface area (Å²) in [5, 5.41) is 19.8. The molecular formula is C13H16O2. The smallest absolute Gasteiger partial charge is 0.115 e. The van der Waals surface area contributed by atoms with Gasteiger partial charge in [0, 0.05) is 6.42 Å². The van der Waals surface area contributed by atoms with E-state index >= 15 is 0 Å². The largest absolute Gasteiger partial charge is 0.387 e. The van der Waals surface area contributed by atoms with Gasteiger partial charge < -0.3 is 10.2 Å². The highest BCUT2D eigenvalue weighted by Gasteiger charge is 2.46. The van der Waals surface area contributed by atoms with Crippen LogP contribution in [0.25, 0.3) is 5.57 Å². The summed E-state index contributed by atoms with van der Waals surface area (Å²) in [6, 6.07) is 9.92. The Balaban J connectivity index is 2.24. The molecule has 0 amide bonds. The minimum Gasteiger partial charge on any atom is -0.387 e. The second kappa shape index (κ2) is 3.19. The van der Waals surface area contributed by atoms with Gasteiger partial charge in [0.2, 0.25) is 0 Å². The average molecular weight is 204 g/mol. The molecule has 1 aromatic carbocycles. The van der Waals surface area contributed by atoms with Crippen LogP contribution in [-0.2, 0) is 0 Å². The molecular weight excluding hydrogens is 188 g/mol. The molecule has 0 heterocycles. The number of hydrogen-bond acceptors (Lipinski definition) is 2. The van der Waals surface area contributed by atoms with Gasteiger partial charge in [-0.25, -0.2) is 0 Å². The van der Waals surface area contributed by atoms with E-state index in [0.717, 1.165) is 11.1 Å². The van der Waals surface area contributed by atoms with Crippen LogP contribution in [0.3, 0.4) is 0 Å². The first-order valence-electron chi connectivity index (χ1n) is 5.14. The summed E-state index contributed by atoms with van der Waals surface area (Å²) >= 11 is 0. The van der Waals surface area contributed by atoms with Crippen molar-refractivity contribution in [1.29, 1.82) is 0 Å². The Morgan fingerprint density at radius 2 is 1.73 bits per heavy atom. The molecule has 0 fully saturated rings. The first-order valence-corrected chi connectivity index (χ1v) is 5.14. The Bertz CT molecular complexity index is 387. The molecule has 0 saturated carbocycles. The van der Waals surface area contributed by atoms with Crippen LogP contribution in [0, 0.1) is 0 Å². The predicted molar refractivity (Wildman–Crippen MR) is 60.3 cm³/mol. The van der Waals surface area contributed by atoms with Crippen LogP contribution in [-0.4, -0.2) is 21.4 Å². The lowest BCUT2D eigenvalue weighted by atomic mass is 9.70. The van der Waals surface area contributed by atoms with Crippen LogP contribution in [0.15, 0.2) is 36.4 Å². The van der Waals surface area contributed by atoms with Crippen LogP contribution in [0.5, 0.6) is 0 Å². The third kappa shape index (κ3) is 1.71. The first-order chi connectivity index (χ1) is 6.92. The zero-order chi connectivity index (χ0) is 11.1. The molecule has 0 aromatic heterocycles. The molecule has 0 aliphatic heterocycles. The Kier molecular flexibility index (Phi) is 2.21. The highest BCUT2D eigenvalue weighted by atomic mass is 16.4. The molecule has 0 bridgehead atoms. The predicted octanol–water partition coefficient (Wildman–Crippen LogP) is 1.98. The lowest BCUT2D eigenvalue weighted by Gasteiger charge is -2.44. The van der Waals surface area contributed by atoms with Gasteiger partial charge in [0.15, 0.2) is 0 Å². The topological polar surface area (TPSA) is 40.5 Å². The van der Waals surface area contributed by atoms with Crippen LogP contribution >= 0.6 is 0 Å². The third-order valence-corrected chi connectivity index (χ3v) is 3.08. The summed E-state index contributed by atoms with van der Waals surface area (Å²) in [5.74, 6) is 0. The summed E-state index contributed by atoms with van der Waals surface area (Å²) in [6.45, 7) is 3.26. The van der Waals surface area contributed by atoms with E-state index in [9.17, 15) is 10.2 Å². The van der Waals surface area contributed by atoms with Crippen LogP contribution < -0.4 is 0 Å². The maximum absolute atomic E-state index is 10.1. The fourth-order valence-corrected chi connectivity index (χ4v) is 1.78. The van der Waals surface area contributed by atoms with Crippen molar-refractivity contribution in [3.63, 3.8) is 0 Å². The fourth-order valence-electron chi connectivity index (χ4n) is 1.78. The molecule has 1 aromatic rings. The molecule has 1 atom stereocenters. The zero-order valence-electron chi connectivity index (χ0n) is 9.07. The monoisotopic (exact) mass is 204 g/mol. The SMILES string of the molecule is CC(C)(O)C1(O)C=C(c2ccccc2)C1. The van der Waals surface area contributed by atoms with Gasteiger partial charge in [0.05, 0.1) is 5.60 Å². The van der Waals surface area contributed by atoms with Crippen molar-refractivity contribution in [3.05, 3.63) is 42.0 Å². The highest BCUT2D eigenvalue weighted by Crippen LogP contribution is 2.43. The second-order valence-corrected chi connectivity index (χ2v) is 4.70. The van der Waals surface area contributed by atoms with E-state index in [0.29, 0.717) is 6.42 Å². The minimum atomic E-state index is -1.08. The van der Waals surface area contributed by atoms with Crippen molar-refractivity contribution >= 4 is 5.57 Å². The second-order valence-electron chi connectivity index (χ2n) is 4.70.